The van der Waals surface area contributed by atoms with Crippen LogP contribution in [0, 0.1) is 12.2 Å². The van der Waals surface area contributed by atoms with Gasteiger partial charge in [-0.1, -0.05) is 117 Å². The van der Waals surface area contributed by atoms with Gasteiger partial charge in [-0.05, 0) is 47.3 Å². The quantitative estimate of drug-likeness (QED) is 0.188. The van der Waals surface area contributed by atoms with Gasteiger partial charge in [0.2, 0.25) is 0 Å². The number of hydrogen-bond donors (Lipinski definition) is 0. The molecule has 2 aromatic carbocycles. The first kappa shape index (κ1) is 33.5. The third-order valence-electron chi connectivity index (χ3n) is 9.76. The van der Waals surface area contributed by atoms with Crippen LogP contribution in [0.25, 0.3) is 0 Å². The predicted molar refractivity (Wildman–Crippen MR) is 171 cm³/mol. The smallest absolute Gasteiger partial charge is 0.0307 e. The van der Waals surface area contributed by atoms with E-state index in [0.717, 1.165) is 22.4 Å². The summed E-state index contributed by atoms with van der Waals surface area (Å²) < 4.78 is 0. The second-order valence-corrected chi connectivity index (χ2v) is 16.3. The van der Waals surface area contributed by atoms with Crippen molar-refractivity contribution >= 4 is 9.52 Å². The topological polar surface area (TPSA) is 0 Å². The molecule has 2 aromatic rings. The molecule has 0 heterocycles. The van der Waals surface area contributed by atoms with Crippen LogP contribution < -0.4 is 0 Å². The van der Waals surface area contributed by atoms with Crippen LogP contribution in [-0.4, -0.2) is 9.52 Å². The number of rotatable bonds is 0. The number of allylic oxidation sites excluding steroid dienone is 2. The van der Waals surface area contributed by atoms with Gasteiger partial charge in [0.05, 0.1) is 0 Å². The first-order chi connectivity index (χ1) is 18.0. The average Bonchev–Trinajstić information content (AvgIpc) is 3.39. The van der Waals surface area contributed by atoms with Crippen molar-refractivity contribution in [2.75, 3.05) is 0 Å². The maximum absolute atomic E-state index is 3.53. The van der Waals surface area contributed by atoms with Crippen molar-refractivity contribution in [2.45, 2.75) is 143 Å². The molecule has 2 heteroatoms. The van der Waals surface area contributed by atoms with E-state index in [2.05, 4.69) is 119 Å². The normalized spacial score (nSPS) is 21.4. The predicted octanol–water partition coefficient (Wildman–Crippen LogP) is 10.2. The van der Waals surface area contributed by atoms with Gasteiger partial charge >= 0.3 is 0 Å². The molecule has 4 aliphatic carbocycles. The van der Waals surface area contributed by atoms with Crippen LogP contribution in [-0.2, 0) is 60.3 Å². The first-order valence-corrected chi connectivity index (χ1v) is 17.1. The van der Waals surface area contributed by atoms with Gasteiger partial charge in [0.25, 0.3) is 0 Å². The van der Waals surface area contributed by atoms with Gasteiger partial charge in [-0.3, -0.25) is 0 Å². The Morgan fingerprint density at radius 1 is 0.525 bits per heavy atom. The van der Waals surface area contributed by atoms with Gasteiger partial charge in [-0.15, -0.1) is 34.4 Å². The fourth-order valence-electron chi connectivity index (χ4n) is 6.96. The van der Waals surface area contributed by atoms with Gasteiger partial charge in [0.15, 0.2) is 0 Å². The van der Waals surface area contributed by atoms with E-state index in [4.69, 9.17) is 0 Å². The fourth-order valence-corrected chi connectivity index (χ4v) is 6.96. The second kappa shape index (κ2) is 11.9. The standard InChI is InChI=1S/2C18H23.C2H6Si.Hf/c2*1-12-8-13-10-15-16(11-14(13)9-12)18(4,5)7-6-17(15,2)3;1-3-2;/h2*10-11H,6-8H2,1-5H3;1-2H3;/q2*-1;;. The Hall–Kier alpha value is -0.993. The number of benzene rings is 2. The summed E-state index contributed by atoms with van der Waals surface area (Å²) in [5.41, 5.74) is 16.0. The maximum atomic E-state index is 3.53. The molecule has 6 rings (SSSR count). The summed E-state index contributed by atoms with van der Waals surface area (Å²) in [5, 5.41) is 0. The molecule has 0 atom stereocenters. The number of fused-ring (bicyclic) bond motifs is 4. The maximum Gasteiger partial charge on any atom is 0.0307 e. The molecule has 0 spiro atoms. The molecular weight excluding hydrogens is 663 g/mol. The van der Waals surface area contributed by atoms with E-state index in [1.54, 1.807) is 22.3 Å². The van der Waals surface area contributed by atoms with Crippen LogP contribution in [0.3, 0.4) is 0 Å². The minimum Gasteiger partial charge on any atom is -0.189 e. The molecule has 4 aliphatic rings. The van der Waals surface area contributed by atoms with Crippen molar-refractivity contribution in [2.24, 2.45) is 0 Å². The molecule has 0 bridgehead atoms. The molecule has 2 radical (unpaired) electrons. The van der Waals surface area contributed by atoms with Gasteiger partial charge in [0.1, 0.15) is 0 Å². The van der Waals surface area contributed by atoms with Crippen LogP contribution in [0.15, 0.2) is 35.4 Å². The Balaban J connectivity index is 0.000000197. The molecule has 0 saturated carbocycles. The molecule has 0 fully saturated rings. The minimum atomic E-state index is 0. The number of hydrogen-bond acceptors (Lipinski definition) is 0. The van der Waals surface area contributed by atoms with Crippen LogP contribution in [0.4, 0.5) is 0 Å². The molecule has 0 aromatic heterocycles. The zero-order valence-electron chi connectivity index (χ0n) is 27.6. The van der Waals surface area contributed by atoms with E-state index in [1.807, 2.05) is 0 Å². The van der Waals surface area contributed by atoms with E-state index >= 15 is 0 Å². The van der Waals surface area contributed by atoms with E-state index in [-0.39, 0.29) is 25.8 Å². The summed E-state index contributed by atoms with van der Waals surface area (Å²) in [4.78, 5) is 0. The van der Waals surface area contributed by atoms with Gasteiger partial charge in [-0.25, -0.2) is 0 Å². The van der Waals surface area contributed by atoms with Crippen LogP contribution >= 0.6 is 0 Å². The third kappa shape index (κ3) is 6.64. The van der Waals surface area contributed by atoms with Crippen LogP contribution in [0.1, 0.15) is 139 Å². The molecule has 214 valence electrons. The molecule has 0 aliphatic heterocycles. The Labute approximate surface area is 268 Å². The average molecular weight is 715 g/mol. The molecular formula is C38H52HfSi-2. The second-order valence-electron chi connectivity index (χ2n) is 15.3. The van der Waals surface area contributed by atoms with Crippen molar-refractivity contribution in [1.29, 1.82) is 0 Å². The molecule has 0 unspecified atom stereocenters. The van der Waals surface area contributed by atoms with Crippen molar-refractivity contribution in [3.8, 4) is 0 Å². The summed E-state index contributed by atoms with van der Waals surface area (Å²) in [6.07, 6.45) is 14.4. The van der Waals surface area contributed by atoms with E-state index in [9.17, 15) is 0 Å². The zero-order chi connectivity index (χ0) is 29.0. The largest absolute Gasteiger partial charge is 0.189 e. The Morgan fingerprint density at radius 2 is 0.775 bits per heavy atom. The molecule has 0 saturated heterocycles. The van der Waals surface area contributed by atoms with E-state index < -0.39 is 0 Å². The monoisotopic (exact) mass is 716 g/mol. The van der Waals surface area contributed by atoms with Crippen molar-refractivity contribution in [3.05, 3.63) is 92.1 Å². The third-order valence-corrected chi connectivity index (χ3v) is 9.76. The van der Waals surface area contributed by atoms with Gasteiger partial charge < -0.3 is 0 Å². The van der Waals surface area contributed by atoms with Gasteiger partial charge in [-0.2, -0.15) is 35.4 Å². The van der Waals surface area contributed by atoms with E-state index in [0.29, 0.717) is 21.7 Å². The summed E-state index contributed by atoms with van der Waals surface area (Å²) >= 11 is 0. The van der Waals surface area contributed by atoms with E-state index in [1.165, 1.54) is 59.1 Å². The Kier molecular flexibility index (Phi) is 10.0. The molecule has 0 amide bonds. The first-order valence-electron chi connectivity index (χ1n) is 15.1. The molecule has 40 heavy (non-hydrogen) atoms. The summed E-state index contributed by atoms with van der Waals surface area (Å²) in [6, 6.07) is 9.77. The Morgan fingerprint density at radius 3 is 1.05 bits per heavy atom. The summed E-state index contributed by atoms with van der Waals surface area (Å²) in [5.74, 6) is 0. The van der Waals surface area contributed by atoms with Crippen molar-refractivity contribution in [1.82, 2.24) is 0 Å². The van der Waals surface area contributed by atoms with Crippen molar-refractivity contribution in [3.63, 3.8) is 0 Å². The minimum absolute atomic E-state index is 0. The van der Waals surface area contributed by atoms with Crippen molar-refractivity contribution < 1.29 is 25.8 Å². The summed E-state index contributed by atoms with van der Waals surface area (Å²) in [6.45, 7) is 27.8. The molecule has 0 N–H and O–H groups in total. The van der Waals surface area contributed by atoms with Crippen LogP contribution in [0.2, 0.25) is 13.1 Å². The van der Waals surface area contributed by atoms with Gasteiger partial charge in [0, 0.05) is 35.4 Å². The SMILES string of the molecule is CC1=[C-]c2cc3c(cc2C1)C(C)(C)CCC3(C)C.CC1=[C-]c2cc3c(cc2C1)C(C)(C)CCC3(C)C.C[Si]C.[Hf]. The molecule has 0 nitrogen and oxygen atoms in total. The summed E-state index contributed by atoms with van der Waals surface area (Å²) in [7, 11) is 1.08. The van der Waals surface area contributed by atoms with Crippen LogP contribution in [0.5, 0.6) is 0 Å². The fraction of sp³-hybridized carbons (Fsp3) is 0.579. The zero-order valence-corrected chi connectivity index (χ0v) is 32.1. The Bertz CT molecular complexity index is 1210.